The van der Waals surface area contributed by atoms with Gasteiger partial charge >= 0.3 is 0 Å². The summed E-state index contributed by atoms with van der Waals surface area (Å²) in [6, 6.07) is 3.28. The van der Waals surface area contributed by atoms with E-state index in [1.54, 1.807) is 4.90 Å². The number of amides is 2. The lowest BCUT2D eigenvalue weighted by Gasteiger charge is -2.32. The second-order valence-electron chi connectivity index (χ2n) is 5.37. The van der Waals surface area contributed by atoms with Gasteiger partial charge in [0, 0.05) is 23.6 Å². The van der Waals surface area contributed by atoms with Crippen molar-refractivity contribution in [3.63, 3.8) is 0 Å². The van der Waals surface area contributed by atoms with Crippen molar-refractivity contribution in [3.05, 3.63) is 28.3 Å². The molecule has 21 heavy (non-hydrogen) atoms. The van der Waals surface area contributed by atoms with Gasteiger partial charge in [0.05, 0.1) is 13.2 Å². The van der Waals surface area contributed by atoms with Crippen molar-refractivity contribution >= 4 is 23.4 Å². The monoisotopic (exact) mass is 308 g/mol. The Labute approximate surface area is 128 Å². The van der Waals surface area contributed by atoms with Gasteiger partial charge in [-0.3, -0.25) is 9.59 Å². The number of ether oxygens (including phenoxy) is 1. The molecular formula is C15H17ClN2O3. The van der Waals surface area contributed by atoms with Crippen LogP contribution in [-0.2, 0) is 22.6 Å². The van der Waals surface area contributed by atoms with Crippen molar-refractivity contribution in [2.24, 2.45) is 0 Å². The van der Waals surface area contributed by atoms with Crippen LogP contribution in [0.2, 0.25) is 5.02 Å². The maximum atomic E-state index is 12.3. The third kappa shape index (κ3) is 2.70. The summed E-state index contributed by atoms with van der Waals surface area (Å²) >= 11 is 6.13. The van der Waals surface area contributed by atoms with Crippen LogP contribution < -0.4 is 10.1 Å². The Kier molecular flexibility index (Phi) is 3.76. The van der Waals surface area contributed by atoms with E-state index in [-0.39, 0.29) is 18.4 Å². The minimum absolute atomic E-state index is 0.0520. The van der Waals surface area contributed by atoms with E-state index >= 15 is 0 Å². The molecule has 1 atom stereocenters. The lowest BCUT2D eigenvalue weighted by molar-refractivity contribution is -0.144. The Balaban J connectivity index is 1.86. The van der Waals surface area contributed by atoms with Crippen LogP contribution in [0.1, 0.15) is 24.5 Å². The molecule has 1 unspecified atom stereocenters. The maximum absolute atomic E-state index is 12.3. The Hall–Kier alpha value is -1.75. The Bertz CT molecular complexity index is 603. The lowest BCUT2D eigenvalue weighted by Crippen LogP contribution is -2.57. The standard InChI is InChI=1S/C15H17ClN2O3/c1-2-12-15(20)18(8-13(19)17-12)7-10-6-11(16)5-9-3-4-21-14(9)10/h5-6,12H,2-4,7-8H2,1H3,(H,17,19). The van der Waals surface area contributed by atoms with Gasteiger partial charge in [-0.25, -0.2) is 0 Å². The summed E-state index contributed by atoms with van der Waals surface area (Å²) in [5.41, 5.74) is 1.94. The van der Waals surface area contributed by atoms with Gasteiger partial charge in [-0.1, -0.05) is 18.5 Å². The second kappa shape index (κ2) is 5.56. The lowest BCUT2D eigenvalue weighted by atomic mass is 10.1. The van der Waals surface area contributed by atoms with E-state index < -0.39 is 6.04 Å². The molecule has 112 valence electrons. The molecule has 1 N–H and O–H groups in total. The molecule has 0 aliphatic carbocycles. The fourth-order valence-electron chi connectivity index (χ4n) is 2.85. The fraction of sp³-hybridized carbons (Fsp3) is 0.467. The Morgan fingerprint density at radius 2 is 2.24 bits per heavy atom. The first-order valence-corrected chi connectivity index (χ1v) is 7.48. The highest BCUT2D eigenvalue weighted by Gasteiger charge is 2.32. The fourth-order valence-corrected chi connectivity index (χ4v) is 3.12. The molecule has 3 rings (SSSR count). The number of benzene rings is 1. The Morgan fingerprint density at radius 1 is 1.43 bits per heavy atom. The summed E-state index contributed by atoms with van der Waals surface area (Å²) in [4.78, 5) is 25.6. The van der Waals surface area contributed by atoms with Crippen molar-refractivity contribution < 1.29 is 14.3 Å². The number of piperazine rings is 1. The number of nitrogens with zero attached hydrogens (tertiary/aromatic N) is 1. The Morgan fingerprint density at radius 3 is 3.00 bits per heavy atom. The van der Waals surface area contributed by atoms with Crippen molar-refractivity contribution in [3.8, 4) is 5.75 Å². The number of carbonyl (C=O) groups excluding carboxylic acids is 2. The molecule has 5 nitrogen and oxygen atoms in total. The molecule has 1 aromatic carbocycles. The van der Waals surface area contributed by atoms with E-state index in [1.807, 2.05) is 19.1 Å². The van der Waals surface area contributed by atoms with Gasteiger partial charge in [0.1, 0.15) is 11.8 Å². The summed E-state index contributed by atoms with van der Waals surface area (Å²) < 4.78 is 5.64. The van der Waals surface area contributed by atoms with Crippen molar-refractivity contribution in [1.29, 1.82) is 0 Å². The van der Waals surface area contributed by atoms with Gasteiger partial charge in [0.2, 0.25) is 11.8 Å². The zero-order chi connectivity index (χ0) is 15.0. The highest BCUT2D eigenvalue weighted by atomic mass is 35.5. The average Bonchev–Trinajstić information content (AvgIpc) is 2.90. The zero-order valence-corrected chi connectivity index (χ0v) is 12.6. The van der Waals surface area contributed by atoms with Crippen LogP contribution in [0.4, 0.5) is 0 Å². The van der Waals surface area contributed by atoms with E-state index in [2.05, 4.69) is 5.32 Å². The largest absolute Gasteiger partial charge is 0.493 e. The molecule has 0 aromatic heterocycles. The second-order valence-corrected chi connectivity index (χ2v) is 5.81. The van der Waals surface area contributed by atoms with E-state index in [4.69, 9.17) is 16.3 Å². The first kappa shape index (κ1) is 14.2. The maximum Gasteiger partial charge on any atom is 0.245 e. The van der Waals surface area contributed by atoms with Crippen molar-refractivity contribution in [2.75, 3.05) is 13.2 Å². The zero-order valence-electron chi connectivity index (χ0n) is 11.8. The minimum atomic E-state index is -0.431. The number of nitrogens with one attached hydrogen (secondary N) is 1. The quantitative estimate of drug-likeness (QED) is 0.921. The van der Waals surface area contributed by atoms with E-state index in [1.165, 1.54) is 0 Å². The van der Waals surface area contributed by atoms with Crippen LogP contribution in [0.5, 0.6) is 5.75 Å². The number of carbonyl (C=O) groups is 2. The SMILES string of the molecule is CCC1NC(=O)CN(Cc2cc(Cl)cc3c2OCC3)C1=O. The van der Waals surface area contributed by atoms with Gasteiger partial charge in [-0.2, -0.15) is 0 Å². The highest BCUT2D eigenvalue weighted by molar-refractivity contribution is 6.30. The number of hydrogen-bond donors (Lipinski definition) is 1. The molecule has 0 saturated carbocycles. The van der Waals surface area contributed by atoms with Crippen LogP contribution in [-0.4, -0.2) is 35.9 Å². The first-order chi connectivity index (χ1) is 10.1. The van der Waals surface area contributed by atoms with Crippen LogP contribution in [0, 0.1) is 0 Å². The molecule has 0 bridgehead atoms. The molecule has 2 amide bonds. The van der Waals surface area contributed by atoms with E-state index in [0.29, 0.717) is 24.6 Å². The third-order valence-corrected chi connectivity index (χ3v) is 4.09. The molecule has 1 saturated heterocycles. The van der Waals surface area contributed by atoms with Crippen LogP contribution in [0.25, 0.3) is 0 Å². The van der Waals surface area contributed by atoms with E-state index in [0.717, 1.165) is 23.3 Å². The van der Waals surface area contributed by atoms with Crippen LogP contribution >= 0.6 is 11.6 Å². The number of fused-ring (bicyclic) bond motifs is 1. The molecule has 1 fully saturated rings. The first-order valence-electron chi connectivity index (χ1n) is 7.10. The summed E-state index contributed by atoms with van der Waals surface area (Å²) in [6.07, 6.45) is 1.42. The highest BCUT2D eigenvalue weighted by Crippen LogP contribution is 2.33. The van der Waals surface area contributed by atoms with Gasteiger partial charge in [-0.15, -0.1) is 0 Å². The summed E-state index contributed by atoms with van der Waals surface area (Å²) in [5.74, 6) is 0.635. The van der Waals surface area contributed by atoms with Gasteiger partial charge in [0.15, 0.2) is 0 Å². The van der Waals surface area contributed by atoms with E-state index in [9.17, 15) is 9.59 Å². The van der Waals surface area contributed by atoms with Crippen molar-refractivity contribution in [2.45, 2.75) is 32.4 Å². The van der Waals surface area contributed by atoms with Gasteiger partial charge in [-0.05, 0) is 24.1 Å². The number of halogens is 1. The number of hydrogen-bond acceptors (Lipinski definition) is 3. The molecular weight excluding hydrogens is 292 g/mol. The summed E-state index contributed by atoms with van der Waals surface area (Å²) in [7, 11) is 0. The third-order valence-electron chi connectivity index (χ3n) is 3.87. The summed E-state index contributed by atoms with van der Waals surface area (Å²) in [5, 5.41) is 3.34. The average molecular weight is 309 g/mol. The van der Waals surface area contributed by atoms with Gasteiger partial charge in [0.25, 0.3) is 0 Å². The molecule has 2 heterocycles. The van der Waals surface area contributed by atoms with Crippen LogP contribution in [0.3, 0.4) is 0 Å². The molecule has 2 aliphatic heterocycles. The number of rotatable bonds is 3. The van der Waals surface area contributed by atoms with Crippen LogP contribution in [0.15, 0.2) is 12.1 Å². The molecule has 6 heteroatoms. The molecule has 0 spiro atoms. The normalized spacial score (nSPS) is 21.0. The minimum Gasteiger partial charge on any atom is -0.493 e. The van der Waals surface area contributed by atoms with Gasteiger partial charge < -0.3 is 15.0 Å². The smallest absolute Gasteiger partial charge is 0.245 e. The summed E-state index contributed by atoms with van der Waals surface area (Å²) in [6.45, 7) is 2.95. The molecule has 1 aromatic rings. The van der Waals surface area contributed by atoms with Crippen molar-refractivity contribution in [1.82, 2.24) is 10.2 Å². The molecule has 0 radical (unpaired) electrons. The predicted molar refractivity (Wildman–Crippen MR) is 78.3 cm³/mol. The predicted octanol–water partition coefficient (Wildman–Crippen LogP) is 1.51. The topological polar surface area (TPSA) is 58.6 Å². The molecule has 2 aliphatic rings.